The van der Waals surface area contributed by atoms with Gasteiger partial charge in [0.05, 0.1) is 5.56 Å². The highest BCUT2D eigenvalue weighted by Crippen LogP contribution is 2.38. The minimum atomic E-state index is -0.804. The number of hydrogen-bond acceptors (Lipinski definition) is 4. The Labute approximate surface area is 134 Å². The van der Waals surface area contributed by atoms with E-state index < -0.39 is 18.2 Å². The molecule has 3 atom stereocenters. The predicted molar refractivity (Wildman–Crippen MR) is 82.4 cm³/mol. The van der Waals surface area contributed by atoms with E-state index in [1.165, 1.54) is 4.90 Å². The molecule has 1 N–H and O–H groups in total. The molecule has 6 nitrogen and oxygen atoms in total. The molecule has 1 saturated heterocycles. The second-order valence-corrected chi connectivity index (χ2v) is 6.02. The van der Waals surface area contributed by atoms with Gasteiger partial charge in [-0.05, 0) is 25.8 Å². The van der Waals surface area contributed by atoms with Gasteiger partial charge in [-0.3, -0.25) is 14.5 Å². The Kier molecular flexibility index (Phi) is 4.07. The average molecular weight is 316 g/mol. The minimum Gasteiger partial charge on any atom is -0.433 e. The molecule has 0 saturated carbocycles. The first kappa shape index (κ1) is 15.5. The molecule has 2 aliphatic rings. The maximum absolute atomic E-state index is 12.5. The van der Waals surface area contributed by atoms with Crippen molar-refractivity contribution in [2.24, 2.45) is 0 Å². The lowest BCUT2D eigenvalue weighted by atomic mass is 10.1. The second-order valence-electron chi connectivity index (χ2n) is 6.02. The SMILES string of the molecule is CCC(C)NC(=O)C1CCC(=O)N1C1OC(=O)c2ccccc21. The van der Waals surface area contributed by atoms with Crippen molar-refractivity contribution < 1.29 is 19.1 Å². The zero-order chi connectivity index (χ0) is 16.6. The molecule has 1 aromatic rings. The topological polar surface area (TPSA) is 75.7 Å². The number of carbonyl (C=O) groups excluding carboxylic acids is 3. The number of hydrogen-bond donors (Lipinski definition) is 1. The quantitative estimate of drug-likeness (QED) is 0.859. The first-order valence-corrected chi connectivity index (χ1v) is 7.94. The molecule has 122 valence electrons. The number of nitrogens with one attached hydrogen (secondary N) is 1. The van der Waals surface area contributed by atoms with Crippen LogP contribution >= 0.6 is 0 Å². The van der Waals surface area contributed by atoms with E-state index in [0.717, 1.165) is 6.42 Å². The van der Waals surface area contributed by atoms with Crippen molar-refractivity contribution in [3.05, 3.63) is 35.4 Å². The first-order valence-electron chi connectivity index (χ1n) is 7.94. The third kappa shape index (κ3) is 2.69. The lowest BCUT2D eigenvalue weighted by Gasteiger charge is -2.29. The van der Waals surface area contributed by atoms with Gasteiger partial charge in [0.1, 0.15) is 6.04 Å². The fraction of sp³-hybridized carbons (Fsp3) is 0.471. The summed E-state index contributed by atoms with van der Waals surface area (Å²) in [4.78, 5) is 38.2. The van der Waals surface area contributed by atoms with Crippen molar-refractivity contribution in [1.82, 2.24) is 10.2 Å². The van der Waals surface area contributed by atoms with Crippen LogP contribution in [0.1, 0.15) is 55.3 Å². The molecule has 0 spiro atoms. The van der Waals surface area contributed by atoms with Gasteiger partial charge in [0.2, 0.25) is 18.0 Å². The van der Waals surface area contributed by atoms with Crippen LogP contribution in [0.5, 0.6) is 0 Å². The van der Waals surface area contributed by atoms with E-state index in [1.54, 1.807) is 24.3 Å². The van der Waals surface area contributed by atoms with Crippen molar-refractivity contribution in [2.75, 3.05) is 0 Å². The van der Waals surface area contributed by atoms with Crippen LogP contribution in [0.4, 0.5) is 0 Å². The number of benzene rings is 1. The Morgan fingerprint density at radius 2 is 2.13 bits per heavy atom. The third-order valence-electron chi connectivity index (χ3n) is 4.48. The predicted octanol–water partition coefficient (Wildman–Crippen LogP) is 1.76. The highest BCUT2D eigenvalue weighted by molar-refractivity contribution is 5.96. The minimum absolute atomic E-state index is 0.0402. The van der Waals surface area contributed by atoms with Gasteiger partial charge in [-0.1, -0.05) is 25.1 Å². The molecule has 0 radical (unpaired) electrons. The standard InChI is InChI=1S/C17H20N2O4/c1-3-10(2)18-15(21)13-8-9-14(20)19(13)16-11-6-4-5-7-12(11)17(22)23-16/h4-7,10,13,16H,3,8-9H2,1-2H3,(H,18,21). The number of ether oxygens (including phenoxy) is 1. The molecule has 2 amide bonds. The van der Waals surface area contributed by atoms with Crippen molar-refractivity contribution in [3.63, 3.8) is 0 Å². The van der Waals surface area contributed by atoms with E-state index in [4.69, 9.17) is 4.74 Å². The lowest BCUT2D eigenvalue weighted by Crippen LogP contribution is -2.48. The molecule has 1 aromatic carbocycles. The van der Waals surface area contributed by atoms with Crippen LogP contribution in [-0.2, 0) is 14.3 Å². The number of carbonyl (C=O) groups is 3. The summed E-state index contributed by atoms with van der Waals surface area (Å²) in [5, 5.41) is 2.91. The Bertz CT molecular complexity index is 658. The monoisotopic (exact) mass is 316 g/mol. The van der Waals surface area contributed by atoms with E-state index in [2.05, 4.69) is 5.32 Å². The Morgan fingerprint density at radius 1 is 1.39 bits per heavy atom. The van der Waals surface area contributed by atoms with Gasteiger partial charge in [0, 0.05) is 18.0 Å². The number of rotatable bonds is 4. The Morgan fingerprint density at radius 3 is 2.87 bits per heavy atom. The molecule has 2 aliphatic heterocycles. The number of cyclic esters (lactones) is 1. The molecule has 6 heteroatoms. The van der Waals surface area contributed by atoms with Gasteiger partial charge in [0.15, 0.2) is 0 Å². The maximum Gasteiger partial charge on any atom is 0.340 e. The summed E-state index contributed by atoms with van der Waals surface area (Å²) in [6.45, 7) is 3.90. The number of esters is 1. The van der Waals surface area contributed by atoms with Crippen LogP contribution in [0, 0.1) is 0 Å². The van der Waals surface area contributed by atoms with Crippen LogP contribution < -0.4 is 5.32 Å². The summed E-state index contributed by atoms with van der Waals surface area (Å²) in [6.07, 6.45) is 0.737. The van der Waals surface area contributed by atoms with Gasteiger partial charge in [0.25, 0.3) is 0 Å². The van der Waals surface area contributed by atoms with E-state index in [0.29, 0.717) is 17.5 Å². The summed E-state index contributed by atoms with van der Waals surface area (Å²) in [6, 6.07) is 6.43. The van der Waals surface area contributed by atoms with Gasteiger partial charge in [-0.2, -0.15) is 0 Å². The van der Waals surface area contributed by atoms with Crippen molar-refractivity contribution in [1.29, 1.82) is 0 Å². The van der Waals surface area contributed by atoms with Gasteiger partial charge in [-0.25, -0.2) is 4.79 Å². The fourth-order valence-corrected chi connectivity index (χ4v) is 3.03. The number of fused-ring (bicyclic) bond motifs is 1. The van der Waals surface area contributed by atoms with E-state index >= 15 is 0 Å². The average Bonchev–Trinajstić information content (AvgIpc) is 3.08. The normalized spacial score (nSPS) is 24.3. The third-order valence-corrected chi connectivity index (χ3v) is 4.48. The molecule has 3 rings (SSSR count). The second kappa shape index (κ2) is 6.02. The maximum atomic E-state index is 12.5. The summed E-state index contributed by atoms with van der Waals surface area (Å²) >= 11 is 0. The van der Waals surface area contributed by atoms with Gasteiger partial charge in [-0.15, -0.1) is 0 Å². The molecule has 0 aliphatic carbocycles. The van der Waals surface area contributed by atoms with E-state index in [-0.39, 0.29) is 24.3 Å². The summed E-state index contributed by atoms with van der Waals surface area (Å²) in [5.41, 5.74) is 1.10. The zero-order valence-corrected chi connectivity index (χ0v) is 13.2. The molecular weight excluding hydrogens is 296 g/mol. The molecule has 1 fully saturated rings. The van der Waals surface area contributed by atoms with Gasteiger partial charge < -0.3 is 10.1 Å². The highest BCUT2D eigenvalue weighted by atomic mass is 16.6. The molecule has 3 unspecified atom stereocenters. The summed E-state index contributed by atoms with van der Waals surface area (Å²) in [7, 11) is 0. The number of amides is 2. The highest BCUT2D eigenvalue weighted by Gasteiger charge is 2.46. The Balaban J connectivity index is 1.87. The lowest BCUT2D eigenvalue weighted by molar-refractivity contribution is -0.146. The molecular formula is C17H20N2O4. The van der Waals surface area contributed by atoms with Crippen molar-refractivity contribution in [3.8, 4) is 0 Å². The van der Waals surface area contributed by atoms with Gasteiger partial charge >= 0.3 is 5.97 Å². The summed E-state index contributed by atoms with van der Waals surface area (Å²) in [5.74, 6) is -0.805. The van der Waals surface area contributed by atoms with Crippen molar-refractivity contribution >= 4 is 17.8 Å². The number of nitrogens with zero attached hydrogens (tertiary/aromatic N) is 1. The fourth-order valence-electron chi connectivity index (χ4n) is 3.03. The number of likely N-dealkylation sites (tertiary alicyclic amines) is 1. The Hall–Kier alpha value is -2.37. The van der Waals surface area contributed by atoms with Crippen LogP contribution in [0.2, 0.25) is 0 Å². The van der Waals surface area contributed by atoms with Crippen molar-refractivity contribution in [2.45, 2.75) is 51.4 Å². The molecule has 0 bridgehead atoms. The largest absolute Gasteiger partial charge is 0.433 e. The van der Waals surface area contributed by atoms with Crippen LogP contribution in [0.15, 0.2) is 24.3 Å². The summed E-state index contributed by atoms with van der Waals surface area (Å²) < 4.78 is 5.38. The van der Waals surface area contributed by atoms with E-state index in [1.807, 2.05) is 13.8 Å². The smallest absolute Gasteiger partial charge is 0.340 e. The first-order chi connectivity index (χ1) is 11.0. The van der Waals surface area contributed by atoms with Crippen LogP contribution in [-0.4, -0.2) is 34.8 Å². The zero-order valence-electron chi connectivity index (χ0n) is 13.2. The molecule has 0 aromatic heterocycles. The van der Waals surface area contributed by atoms with E-state index in [9.17, 15) is 14.4 Å². The van der Waals surface area contributed by atoms with Crippen LogP contribution in [0.3, 0.4) is 0 Å². The molecule has 2 heterocycles. The van der Waals surface area contributed by atoms with Crippen LogP contribution in [0.25, 0.3) is 0 Å². The molecule has 23 heavy (non-hydrogen) atoms.